The number of halogens is 1. The maximum atomic E-state index is 13.4. The Morgan fingerprint density at radius 2 is 1.69 bits per heavy atom. The Kier molecular flexibility index (Phi) is 7.12. The molecule has 0 unspecified atom stereocenters. The van der Waals surface area contributed by atoms with Gasteiger partial charge in [-0.05, 0) is 77.3 Å². The summed E-state index contributed by atoms with van der Waals surface area (Å²) >= 11 is 3.47. The van der Waals surface area contributed by atoms with E-state index in [0.29, 0.717) is 38.2 Å². The fourth-order valence-electron chi connectivity index (χ4n) is 3.88. The lowest BCUT2D eigenvalue weighted by Crippen LogP contribution is -2.22. The van der Waals surface area contributed by atoms with Crippen LogP contribution in [0.5, 0.6) is 17.2 Å². The minimum Gasteiger partial charge on any atom is -0.493 e. The van der Waals surface area contributed by atoms with Crippen molar-refractivity contribution >= 4 is 38.5 Å². The summed E-state index contributed by atoms with van der Waals surface area (Å²) in [6.07, 6.45) is 0. The van der Waals surface area contributed by atoms with Gasteiger partial charge in [0.2, 0.25) is 11.2 Å². The van der Waals surface area contributed by atoms with Crippen LogP contribution in [0.25, 0.3) is 22.3 Å². The van der Waals surface area contributed by atoms with Gasteiger partial charge in [-0.25, -0.2) is 0 Å². The summed E-state index contributed by atoms with van der Waals surface area (Å²) < 4.78 is 23.3. The van der Waals surface area contributed by atoms with Crippen molar-refractivity contribution in [1.82, 2.24) is 0 Å². The molecule has 180 valence electrons. The Morgan fingerprint density at radius 1 is 0.971 bits per heavy atom. The summed E-state index contributed by atoms with van der Waals surface area (Å²) in [5.74, 6) is 0.635. The second-order valence-electron chi connectivity index (χ2n) is 7.99. The Morgan fingerprint density at radius 3 is 2.37 bits per heavy atom. The largest absolute Gasteiger partial charge is 0.493 e. The zero-order valence-electron chi connectivity index (χ0n) is 19.7. The molecular formula is C27H24BrNO6. The standard InChI is InChI=1S/C27H24BrNO6/c1-15-9-16(2)11-18(10-15)29-23(30)14-34-27-24(31)19-7-5-6-8-21(19)35-25(27)17-12-20(28)26(33-4)22(13-17)32-3/h5-13H,14H2,1-4H3,(H,29,30). The molecule has 4 rings (SSSR count). The third-order valence-corrected chi connectivity index (χ3v) is 5.89. The number of methoxy groups -OCH3 is 2. The number of carbonyl (C=O) groups excluding carboxylic acids is 1. The van der Waals surface area contributed by atoms with E-state index in [9.17, 15) is 9.59 Å². The van der Waals surface area contributed by atoms with E-state index in [1.165, 1.54) is 14.2 Å². The second kappa shape index (κ2) is 10.2. The lowest BCUT2D eigenvalue weighted by atomic mass is 10.1. The highest BCUT2D eigenvalue weighted by Gasteiger charge is 2.21. The molecule has 0 saturated carbocycles. The summed E-state index contributed by atoms with van der Waals surface area (Å²) in [7, 11) is 3.04. The van der Waals surface area contributed by atoms with E-state index in [1.54, 1.807) is 36.4 Å². The lowest BCUT2D eigenvalue weighted by molar-refractivity contribution is -0.118. The molecule has 0 aliphatic rings. The molecule has 0 bridgehead atoms. The average Bonchev–Trinajstić information content (AvgIpc) is 2.82. The van der Waals surface area contributed by atoms with Gasteiger partial charge in [-0.3, -0.25) is 9.59 Å². The van der Waals surface area contributed by atoms with Crippen LogP contribution < -0.4 is 25.0 Å². The van der Waals surface area contributed by atoms with Gasteiger partial charge in [0.25, 0.3) is 5.91 Å². The Bertz CT molecular complexity index is 1460. The molecule has 0 radical (unpaired) electrons. The summed E-state index contributed by atoms with van der Waals surface area (Å²) in [5.41, 5.74) is 3.24. The molecule has 3 aromatic carbocycles. The van der Waals surface area contributed by atoms with Gasteiger partial charge < -0.3 is 23.9 Å². The first-order chi connectivity index (χ1) is 16.8. The van der Waals surface area contributed by atoms with Crippen LogP contribution in [0.3, 0.4) is 0 Å². The van der Waals surface area contributed by atoms with Crippen LogP contribution in [-0.4, -0.2) is 26.7 Å². The van der Waals surface area contributed by atoms with Gasteiger partial charge in [0.05, 0.1) is 24.1 Å². The maximum absolute atomic E-state index is 13.4. The van der Waals surface area contributed by atoms with E-state index in [-0.39, 0.29) is 23.5 Å². The Labute approximate surface area is 210 Å². The summed E-state index contributed by atoms with van der Waals surface area (Å²) in [6, 6.07) is 16.0. The van der Waals surface area contributed by atoms with Crippen molar-refractivity contribution < 1.29 is 23.4 Å². The van der Waals surface area contributed by atoms with Gasteiger partial charge in [0, 0.05) is 11.3 Å². The van der Waals surface area contributed by atoms with Gasteiger partial charge >= 0.3 is 0 Å². The third-order valence-electron chi connectivity index (χ3n) is 5.30. The van der Waals surface area contributed by atoms with Gasteiger partial charge in [-0.1, -0.05) is 18.2 Å². The van der Waals surface area contributed by atoms with Crippen molar-refractivity contribution in [3.05, 3.63) is 80.4 Å². The molecular weight excluding hydrogens is 514 g/mol. The first-order valence-electron chi connectivity index (χ1n) is 10.8. The fourth-order valence-corrected chi connectivity index (χ4v) is 4.48. The molecule has 0 spiro atoms. The van der Waals surface area contributed by atoms with E-state index in [1.807, 2.05) is 32.0 Å². The van der Waals surface area contributed by atoms with Crippen molar-refractivity contribution in [3.8, 4) is 28.6 Å². The predicted molar refractivity (Wildman–Crippen MR) is 139 cm³/mol. The summed E-state index contributed by atoms with van der Waals surface area (Å²) in [5, 5.41) is 3.16. The number of anilines is 1. The SMILES string of the molecule is COc1cc(-c2oc3ccccc3c(=O)c2OCC(=O)Nc2cc(C)cc(C)c2)cc(Br)c1OC. The van der Waals surface area contributed by atoms with Gasteiger partial charge in [0.1, 0.15) is 5.58 Å². The predicted octanol–water partition coefficient (Wildman–Crippen LogP) is 5.87. The molecule has 0 aliphatic carbocycles. The first-order valence-corrected chi connectivity index (χ1v) is 11.6. The monoisotopic (exact) mass is 537 g/mol. The molecule has 1 heterocycles. The number of fused-ring (bicyclic) bond motifs is 1. The van der Waals surface area contributed by atoms with Gasteiger partial charge in [0.15, 0.2) is 23.9 Å². The smallest absolute Gasteiger partial charge is 0.262 e. The highest BCUT2D eigenvalue weighted by Crippen LogP contribution is 2.41. The number of hydrogen-bond donors (Lipinski definition) is 1. The van der Waals surface area contributed by atoms with E-state index in [2.05, 4.69) is 21.2 Å². The molecule has 4 aromatic rings. The molecule has 1 aromatic heterocycles. The molecule has 0 saturated heterocycles. The number of aryl methyl sites for hydroxylation is 2. The molecule has 0 aliphatic heterocycles. The number of benzene rings is 3. The number of ether oxygens (including phenoxy) is 3. The number of para-hydroxylation sites is 1. The molecule has 7 nitrogen and oxygen atoms in total. The van der Waals surface area contributed by atoms with Crippen molar-refractivity contribution in [2.45, 2.75) is 13.8 Å². The van der Waals surface area contributed by atoms with Crippen molar-refractivity contribution in [2.24, 2.45) is 0 Å². The highest BCUT2D eigenvalue weighted by atomic mass is 79.9. The molecule has 1 N–H and O–H groups in total. The van der Waals surface area contributed by atoms with Crippen molar-refractivity contribution in [3.63, 3.8) is 0 Å². The van der Waals surface area contributed by atoms with Crippen LogP contribution in [0.15, 0.2) is 68.3 Å². The third kappa shape index (κ3) is 5.17. The number of nitrogens with one attached hydrogen (secondary N) is 1. The minimum atomic E-state index is -0.401. The zero-order valence-corrected chi connectivity index (χ0v) is 21.3. The number of amides is 1. The molecule has 1 amide bonds. The summed E-state index contributed by atoms with van der Waals surface area (Å²) in [6.45, 7) is 3.53. The van der Waals surface area contributed by atoms with Crippen LogP contribution in [0.2, 0.25) is 0 Å². The number of rotatable bonds is 7. The normalized spacial score (nSPS) is 10.8. The first kappa shape index (κ1) is 24.3. The molecule has 35 heavy (non-hydrogen) atoms. The van der Waals surface area contributed by atoms with E-state index >= 15 is 0 Å². The van der Waals surface area contributed by atoms with Crippen LogP contribution in [0.4, 0.5) is 5.69 Å². The van der Waals surface area contributed by atoms with E-state index in [0.717, 1.165) is 11.1 Å². The van der Waals surface area contributed by atoms with Crippen LogP contribution in [-0.2, 0) is 4.79 Å². The fraction of sp³-hybridized carbons (Fsp3) is 0.185. The van der Waals surface area contributed by atoms with E-state index < -0.39 is 5.91 Å². The summed E-state index contributed by atoms with van der Waals surface area (Å²) in [4.78, 5) is 26.0. The van der Waals surface area contributed by atoms with Gasteiger partial charge in [-0.2, -0.15) is 0 Å². The Balaban J connectivity index is 1.74. The molecule has 0 fully saturated rings. The lowest BCUT2D eigenvalue weighted by Gasteiger charge is -2.15. The number of hydrogen-bond acceptors (Lipinski definition) is 6. The van der Waals surface area contributed by atoms with Crippen LogP contribution >= 0.6 is 15.9 Å². The van der Waals surface area contributed by atoms with Gasteiger partial charge in [-0.15, -0.1) is 0 Å². The highest BCUT2D eigenvalue weighted by molar-refractivity contribution is 9.10. The van der Waals surface area contributed by atoms with Crippen LogP contribution in [0.1, 0.15) is 11.1 Å². The van der Waals surface area contributed by atoms with Crippen molar-refractivity contribution in [1.29, 1.82) is 0 Å². The molecule has 0 atom stereocenters. The Hall–Kier alpha value is -3.78. The quantitative estimate of drug-likeness (QED) is 0.317. The zero-order chi connectivity index (χ0) is 25.1. The maximum Gasteiger partial charge on any atom is 0.262 e. The minimum absolute atomic E-state index is 0.0709. The number of carbonyl (C=O) groups is 1. The molecule has 8 heteroatoms. The topological polar surface area (TPSA) is 87.0 Å². The van der Waals surface area contributed by atoms with Crippen LogP contribution in [0, 0.1) is 13.8 Å². The van der Waals surface area contributed by atoms with Crippen molar-refractivity contribution in [2.75, 3.05) is 26.1 Å². The van der Waals surface area contributed by atoms with E-state index in [4.69, 9.17) is 18.6 Å². The average molecular weight is 538 g/mol. The second-order valence-corrected chi connectivity index (χ2v) is 8.85.